The van der Waals surface area contributed by atoms with E-state index in [2.05, 4.69) is 11.4 Å². The molecule has 1 rings (SSSR count). The molecule has 0 aliphatic carbocycles. The van der Waals surface area contributed by atoms with Gasteiger partial charge in [0.25, 0.3) is 0 Å². The number of nitriles is 1. The van der Waals surface area contributed by atoms with Gasteiger partial charge in [0.2, 0.25) is 0 Å². The van der Waals surface area contributed by atoms with E-state index >= 15 is 0 Å². The van der Waals surface area contributed by atoms with Crippen LogP contribution in [0.25, 0.3) is 0 Å². The second kappa shape index (κ2) is 4.44. The number of rotatable bonds is 3. The van der Waals surface area contributed by atoms with Crippen molar-refractivity contribution in [2.45, 2.75) is 25.7 Å². The first kappa shape index (κ1) is 9.50. The van der Waals surface area contributed by atoms with Crippen molar-refractivity contribution in [2.75, 3.05) is 19.7 Å². The minimum Gasteiger partial charge on any atom is -0.396 e. The number of piperidine rings is 1. The van der Waals surface area contributed by atoms with E-state index in [9.17, 15) is 0 Å². The summed E-state index contributed by atoms with van der Waals surface area (Å²) in [6.07, 6.45) is 3.47. The lowest BCUT2D eigenvalue weighted by Crippen LogP contribution is -2.35. The Kier molecular flexibility index (Phi) is 3.51. The Balaban J connectivity index is 2.44. The van der Waals surface area contributed by atoms with Gasteiger partial charge >= 0.3 is 0 Å². The Morgan fingerprint density at radius 3 is 2.58 bits per heavy atom. The highest BCUT2D eigenvalue weighted by Gasteiger charge is 2.30. The van der Waals surface area contributed by atoms with E-state index in [1.807, 2.05) is 0 Å². The SMILES string of the molecule is N#CC1(CCCO)CCNCC1. The molecule has 0 radical (unpaired) electrons. The minimum atomic E-state index is -0.145. The number of nitrogens with zero attached hydrogens (tertiary/aromatic N) is 1. The van der Waals surface area contributed by atoms with E-state index in [4.69, 9.17) is 10.4 Å². The molecule has 1 heterocycles. The van der Waals surface area contributed by atoms with Gasteiger partial charge in [0, 0.05) is 6.61 Å². The van der Waals surface area contributed by atoms with E-state index in [0.717, 1.165) is 38.8 Å². The Hall–Kier alpha value is -0.590. The highest BCUT2D eigenvalue weighted by Crippen LogP contribution is 2.32. The predicted octanol–water partition coefficient (Wildman–Crippen LogP) is 0.652. The lowest BCUT2D eigenvalue weighted by molar-refractivity contribution is 0.217. The summed E-state index contributed by atoms with van der Waals surface area (Å²) in [7, 11) is 0. The van der Waals surface area contributed by atoms with Crippen LogP contribution in [0.1, 0.15) is 25.7 Å². The molecule has 1 aliphatic heterocycles. The van der Waals surface area contributed by atoms with Gasteiger partial charge in [0.15, 0.2) is 0 Å². The number of hydrogen-bond acceptors (Lipinski definition) is 3. The summed E-state index contributed by atoms with van der Waals surface area (Å²) in [5.41, 5.74) is -0.145. The first-order valence-electron chi connectivity index (χ1n) is 4.56. The summed E-state index contributed by atoms with van der Waals surface area (Å²) >= 11 is 0. The van der Waals surface area contributed by atoms with Crippen LogP contribution in [0, 0.1) is 16.7 Å². The van der Waals surface area contributed by atoms with Crippen molar-refractivity contribution in [3.05, 3.63) is 0 Å². The monoisotopic (exact) mass is 168 g/mol. The van der Waals surface area contributed by atoms with E-state index < -0.39 is 0 Å². The maximum Gasteiger partial charge on any atom is 0.0690 e. The van der Waals surface area contributed by atoms with Crippen LogP contribution in [0.5, 0.6) is 0 Å². The van der Waals surface area contributed by atoms with Crippen LogP contribution in [0.2, 0.25) is 0 Å². The Bertz CT molecular complexity index is 168. The lowest BCUT2D eigenvalue weighted by Gasteiger charge is -2.30. The zero-order valence-corrected chi connectivity index (χ0v) is 7.34. The maximum atomic E-state index is 9.01. The standard InChI is InChI=1S/C9H16N2O/c10-8-9(2-1-7-12)3-5-11-6-4-9/h11-12H,1-7H2. The summed E-state index contributed by atoms with van der Waals surface area (Å²) in [6.45, 7) is 2.09. The quantitative estimate of drug-likeness (QED) is 0.650. The second-order valence-corrected chi connectivity index (χ2v) is 3.47. The summed E-state index contributed by atoms with van der Waals surface area (Å²) in [5.74, 6) is 0. The molecule has 68 valence electrons. The van der Waals surface area contributed by atoms with Crippen molar-refractivity contribution in [3.63, 3.8) is 0 Å². The molecule has 0 unspecified atom stereocenters. The zero-order valence-electron chi connectivity index (χ0n) is 7.34. The van der Waals surface area contributed by atoms with Crippen LogP contribution in [-0.2, 0) is 0 Å². The summed E-state index contributed by atoms with van der Waals surface area (Å²) < 4.78 is 0. The van der Waals surface area contributed by atoms with Crippen LogP contribution in [-0.4, -0.2) is 24.8 Å². The third-order valence-electron chi connectivity index (χ3n) is 2.61. The first-order valence-corrected chi connectivity index (χ1v) is 4.56. The van der Waals surface area contributed by atoms with Crippen LogP contribution in [0.3, 0.4) is 0 Å². The number of hydrogen-bond donors (Lipinski definition) is 2. The van der Waals surface area contributed by atoms with Gasteiger partial charge in [0.05, 0.1) is 11.5 Å². The molecular formula is C9H16N2O. The van der Waals surface area contributed by atoms with Crippen molar-refractivity contribution in [2.24, 2.45) is 5.41 Å². The summed E-state index contributed by atoms with van der Waals surface area (Å²) in [4.78, 5) is 0. The van der Waals surface area contributed by atoms with Gasteiger partial charge in [0.1, 0.15) is 0 Å². The Morgan fingerprint density at radius 2 is 2.08 bits per heavy atom. The fourth-order valence-electron chi connectivity index (χ4n) is 1.74. The molecule has 1 fully saturated rings. The highest BCUT2D eigenvalue weighted by atomic mass is 16.2. The van der Waals surface area contributed by atoms with Crippen molar-refractivity contribution in [3.8, 4) is 6.07 Å². The molecule has 0 saturated carbocycles. The van der Waals surface area contributed by atoms with Gasteiger partial charge in [-0.2, -0.15) is 5.26 Å². The predicted molar refractivity (Wildman–Crippen MR) is 46.5 cm³/mol. The molecule has 0 aromatic rings. The third kappa shape index (κ3) is 2.20. The molecule has 0 atom stereocenters. The van der Waals surface area contributed by atoms with Crippen molar-refractivity contribution < 1.29 is 5.11 Å². The van der Waals surface area contributed by atoms with Gasteiger partial charge < -0.3 is 10.4 Å². The highest BCUT2D eigenvalue weighted by molar-refractivity contribution is 5.01. The van der Waals surface area contributed by atoms with E-state index in [-0.39, 0.29) is 12.0 Å². The maximum absolute atomic E-state index is 9.01. The van der Waals surface area contributed by atoms with Crippen LogP contribution in [0.4, 0.5) is 0 Å². The number of aliphatic hydroxyl groups excluding tert-OH is 1. The van der Waals surface area contributed by atoms with E-state index in [1.54, 1.807) is 0 Å². The lowest BCUT2D eigenvalue weighted by atomic mass is 9.77. The smallest absolute Gasteiger partial charge is 0.0690 e. The fraction of sp³-hybridized carbons (Fsp3) is 0.889. The van der Waals surface area contributed by atoms with Crippen LogP contribution in [0.15, 0.2) is 0 Å². The molecule has 0 aromatic heterocycles. The average Bonchev–Trinajstić information content (AvgIpc) is 2.16. The summed E-state index contributed by atoms with van der Waals surface area (Å²) in [6, 6.07) is 2.40. The molecule has 0 amide bonds. The van der Waals surface area contributed by atoms with Gasteiger partial charge in [-0.1, -0.05) is 0 Å². The Labute approximate surface area is 73.4 Å². The summed E-state index contributed by atoms with van der Waals surface area (Å²) in [5, 5.41) is 20.9. The molecular weight excluding hydrogens is 152 g/mol. The molecule has 2 N–H and O–H groups in total. The molecule has 3 nitrogen and oxygen atoms in total. The zero-order chi connectivity index (χ0) is 8.86. The normalized spacial score (nSPS) is 21.7. The first-order chi connectivity index (χ1) is 5.83. The van der Waals surface area contributed by atoms with Gasteiger partial charge in [-0.3, -0.25) is 0 Å². The Morgan fingerprint density at radius 1 is 1.42 bits per heavy atom. The molecule has 1 saturated heterocycles. The van der Waals surface area contributed by atoms with E-state index in [1.165, 1.54) is 0 Å². The third-order valence-corrected chi connectivity index (χ3v) is 2.61. The van der Waals surface area contributed by atoms with Crippen LogP contribution < -0.4 is 5.32 Å². The van der Waals surface area contributed by atoms with Gasteiger partial charge in [-0.15, -0.1) is 0 Å². The molecule has 0 bridgehead atoms. The molecule has 1 aliphatic rings. The average molecular weight is 168 g/mol. The number of aliphatic hydroxyl groups is 1. The molecule has 3 heteroatoms. The van der Waals surface area contributed by atoms with Crippen molar-refractivity contribution in [1.82, 2.24) is 5.32 Å². The topological polar surface area (TPSA) is 56.0 Å². The molecule has 12 heavy (non-hydrogen) atoms. The van der Waals surface area contributed by atoms with E-state index in [0.29, 0.717) is 0 Å². The minimum absolute atomic E-state index is 0.145. The van der Waals surface area contributed by atoms with Crippen LogP contribution >= 0.6 is 0 Å². The van der Waals surface area contributed by atoms with Gasteiger partial charge in [-0.05, 0) is 38.8 Å². The second-order valence-electron chi connectivity index (χ2n) is 3.47. The van der Waals surface area contributed by atoms with Gasteiger partial charge in [-0.25, -0.2) is 0 Å². The number of nitrogens with one attached hydrogen (secondary N) is 1. The van der Waals surface area contributed by atoms with Crippen molar-refractivity contribution in [1.29, 1.82) is 5.26 Å². The fourth-order valence-corrected chi connectivity index (χ4v) is 1.74. The molecule has 0 aromatic carbocycles. The molecule has 0 spiro atoms. The largest absolute Gasteiger partial charge is 0.396 e. The van der Waals surface area contributed by atoms with Crippen molar-refractivity contribution >= 4 is 0 Å².